The van der Waals surface area contributed by atoms with Crippen molar-refractivity contribution in [1.82, 2.24) is 0 Å². The van der Waals surface area contributed by atoms with E-state index in [0.29, 0.717) is 11.3 Å². The predicted molar refractivity (Wildman–Crippen MR) is 111 cm³/mol. The van der Waals surface area contributed by atoms with E-state index in [1.165, 1.54) is 0 Å². The summed E-state index contributed by atoms with van der Waals surface area (Å²) in [6.45, 7) is 0. The number of hydrogen-bond donors (Lipinski definition) is 2. The minimum absolute atomic E-state index is 0.615. The van der Waals surface area contributed by atoms with Gasteiger partial charge >= 0.3 is 0 Å². The Morgan fingerprint density at radius 2 is 1.08 bits per heavy atom. The van der Waals surface area contributed by atoms with Crippen molar-refractivity contribution >= 4 is 35.2 Å². The van der Waals surface area contributed by atoms with Crippen LogP contribution in [-0.4, -0.2) is 0 Å². The highest BCUT2D eigenvalue weighted by Crippen LogP contribution is 2.20. The Hall–Kier alpha value is -3.77. The molecule has 0 amide bonds. The molecule has 0 aliphatic heterocycles. The molecule has 26 heavy (non-hydrogen) atoms. The molecule has 0 aliphatic rings. The van der Waals surface area contributed by atoms with Gasteiger partial charge in [-0.1, -0.05) is 60.7 Å². The van der Waals surface area contributed by atoms with E-state index in [0.717, 1.165) is 27.9 Å². The molecule has 4 N–H and O–H groups in total. The Labute approximate surface area is 153 Å². The van der Waals surface area contributed by atoms with Gasteiger partial charge in [0.15, 0.2) is 0 Å². The van der Waals surface area contributed by atoms with E-state index in [1.807, 2.05) is 91.0 Å². The van der Waals surface area contributed by atoms with Crippen LogP contribution in [0.4, 0.5) is 11.4 Å². The van der Waals surface area contributed by atoms with Gasteiger partial charge in [-0.05, 0) is 52.6 Å². The molecule has 0 unspecified atom stereocenters. The van der Waals surface area contributed by atoms with E-state index in [2.05, 4.69) is 6.07 Å². The van der Waals surface area contributed by atoms with Gasteiger partial charge in [0, 0.05) is 11.4 Å². The van der Waals surface area contributed by atoms with Crippen LogP contribution in [0.25, 0.3) is 23.8 Å². The van der Waals surface area contributed by atoms with Gasteiger partial charge in [0.25, 0.3) is 0 Å². The smallest absolute Gasteiger partial charge is 0.0998 e. The highest BCUT2D eigenvalue weighted by atomic mass is 14.5. The number of hydrogen-bond acceptors (Lipinski definition) is 3. The lowest BCUT2D eigenvalue weighted by Crippen LogP contribution is -1.85. The summed E-state index contributed by atoms with van der Waals surface area (Å²) >= 11 is 0. The Morgan fingerprint density at radius 3 is 1.54 bits per heavy atom. The van der Waals surface area contributed by atoms with E-state index in [4.69, 9.17) is 11.5 Å². The van der Waals surface area contributed by atoms with Gasteiger partial charge < -0.3 is 11.5 Å². The van der Waals surface area contributed by atoms with Crippen molar-refractivity contribution in [2.75, 3.05) is 11.5 Å². The predicted octanol–water partition coefficient (Wildman–Crippen LogP) is 5.09. The number of nitrogens with zero attached hydrogens (tertiary/aromatic N) is 1. The summed E-state index contributed by atoms with van der Waals surface area (Å²) in [7, 11) is 0. The summed E-state index contributed by atoms with van der Waals surface area (Å²) in [6.07, 6.45) is 5.92. The SMILES string of the molecule is N#CC(=Cc1ccc(N)cc1)c1ccc(C=Cc2ccc(N)cc2)cc1. The lowest BCUT2D eigenvalue weighted by atomic mass is 10.0. The van der Waals surface area contributed by atoms with Crippen LogP contribution in [0.15, 0.2) is 72.8 Å². The first-order chi connectivity index (χ1) is 12.6. The first kappa shape index (κ1) is 17.1. The van der Waals surface area contributed by atoms with Gasteiger partial charge in [-0.2, -0.15) is 5.26 Å². The fraction of sp³-hybridized carbons (Fsp3) is 0. The average Bonchev–Trinajstić information content (AvgIpc) is 2.68. The fourth-order valence-electron chi connectivity index (χ4n) is 2.51. The van der Waals surface area contributed by atoms with Crippen molar-refractivity contribution in [2.24, 2.45) is 0 Å². The van der Waals surface area contributed by atoms with Crippen molar-refractivity contribution in [3.05, 3.63) is 95.1 Å². The maximum atomic E-state index is 9.47. The quantitative estimate of drug-likeness (QED) is 0.396. The molecule has 126 valence electrons. The molecule has 3 rings (SSSR count). The maximum absolute atomic E-state index is 9.47. The molecule has 0 spiro atoms. The lowest BCUT2D eigenvalue weighted by Gasteiger charge is -2.02. The number of nitrogen functional groups attached to an aromatic ring is 2. The highest BCUT2D eigenvalue weighted by Gasteiger charge is 2.01. The molecule has 0 radical (unpaired) electrons. The van der Waals surface area contributed by atoms with Crippen molar-refractivity contribution in [3.8, 4) is 6.07 Å². The topological polar surface area (TPSA) is 75.8 Å². The third kappa shape index (κ3) is 4.40. The molecule has 0 atom stereocenters. The van der Waals surface area contributed by atoms with Gasteiger partial charge in [-0.15, -0.1) is 0 Å². The van der Waals surface area contributed by atoms with Gasteiger partial charge in [0.1, 0.15) is 0 Å². The Kier molecular flexibility index (Phi) is 5.16. The monoisotopic (exact) mass is 337 g/mol. The van der Waals surface area contributed by atoms with Gasteiger partial charge in [0.05, 0.1) is 11.6 Å². The lowest BCUT2D eigenvalue weighted by molar-refractivity contribution is 1.52. The van der Waals surface area contributed by atoms with E-state index in [-0.39, 0.29) is 0 Å². The molecule has 0 bridgehead atoms. The molecular formula is C23H19N3. The minimum Gasteiger partial charge on any atom is -0.399 e. The number of allylic oxidation sites excluding steroid dienone is 1. The molecule has 0 aliphatic carbocycles. The number of anilines is 2. The second-order valence-electron chi connectivity index (χ2n) is 5.96. The van der Waals surface area contributed by atoms with Crippen molar-refractivity contribution in [1.29, 1.82) is 5.26 Å². The second-order valence-corrected chi connectivity index (χ2v) is 5.96. The molecular weight excluding hydrogens is 318 g/mol. The van der Waals surface area contributed by atoms with Crippen LogP contribution >= 0.6 is 0 Å². The van der Waals surface area contributed by atoms with Gasteiger partial charge in [-0.25, -0.2) is 0 Å². The van der Waals surface area contributed by atoms with Crippen LogP contribution in [0, 0.1) is 11.3 Å². The van der Waals surface area contributed by atoms with Crippen molar-refractivity contribution in [3.63, 3.8) is 0 Å². The van der Waals surface area contributed by atoms with Crippen molar-refractivity contribution in [2.45, 2.75) is 0 Å². The van der Waals surface area contributed by atoms with E-state index in [1.54, 1.807) is 0 Å². The zero-order chi connectivity index (χ0) is 18.4. The first-order valence-corrected chi connectivity index (χ1v) is 8.25. The Balaban J connectivity index is 1.78. The summed E-state index contributed by atoms with van der Waals surface area (Å²) in [5, 5.41) is 9.47. The summed E-state index contributed by atoms with van der Waals surface area (Å²) in [5.41, 5.74) is 17.4. The molecule has 0 aromatic heterocycles. The maximum Gasteiger partial charge on any atom is 0.0998 e. The fourth-order valence-corrected chi connectivity index (χ4v) is 2.51. The average molecular weight is 337 g/mol. The zero-order valence-electron chi connectivity index (χ0n) is 14.3. The van der Waals surface area contributed by atoms with Crippen LogP contribution in [0.3, 0.4) is 0 Å². The number of benzene rings is 3. The zero-order valence-corrected chi connectivity index (χ0v) is 14.3. The third-order valence-corrected chi connectivity index (χ3v) is 3.99. The van der Waals surface area contributed by atoms with Gasteiger partial charge in [0.2, 0.25) is 0 Å². The van der Waals surface area contributed by atoms with Crippen LogP contribution in [-0.2, 0) is 0 Å². The first-order valence-electron chi connectivity index (χ1n) is 8.25. The van der Waals surface area contributed by atoms with Crippen molar-refractivity contribution < 1.29 is 0 Å². The summed E-state index contributed by atoms with van der Waals surface area (Å²) in [4.78, 5) is 0. The van der Waals surface area contributed by atoms with Crippen LogP contribution in [0.2, 0.25) is 0 Å². The molecule has 0 heterocycles. The molecule has 3 nitrogen and oxygen atoms in total. The number of rotatable bonds is 4. The normalized spacial score (nSPS) is 11.4. The molecule has 0 saturated heterocycles. The molecule has 3 aromatic carbocycles. The largest absolute Gasteiger partial charge is 0.399 e. The van der Waals surface area contributed by atoms with E-state index < -0.39 is 0 Å². The molecule has 3 aromatic rings. The van der Waals surface area contributed by atoms with Crippen LogP contribution < -0.4 is 11.5 Å². The number of nitrogens with two attached hydrogens (primary N) is 2. The molecule has 3 heteroatoms. The summed E-state index contributed by atoms with van der Waals surface area (Å²) < 4.78 is 0. The number of nitriles is 1. The van der Waals surface area contributed by atoms with E-state index in [9.17, 15) is 5.26 Å². The Bertz CT molecular complexity index is 972. The second kappa shape index (κ2) is 7.87. The van der Waals surface area contributed by atoms with E-state index >= 15 is 0 Å². The molecule has 0 fully saturated rings. The highest BCUT2D eigenvalue weighted by molar-refractivity contribution is 5.90. The molecule has 0 saturated carbocycles. The van der Waals surface area contributed by atoms with Crippen LogP contribution in [0.5, 0.6) is 0 Å². The van der Waals surface area contributed by atoms with Crippen LogP contribution in [0.1, 0.15) is 22.3 Å². The standard InChI is InChI=1S/C23H19N3/c24-16-21(15-19-7-13-23(26)14-8-19)20-9-3-17(4-10-20)1-2-18-5-11-22(25)12-6-18/h1-15H,25-26H2. The third-order valence-electron chi connectivity index (χ3n) is 3.99. The summed E-state index contributed by atoms with van der Waals surface area (Å²) in [5.74, 6) is 0. The summed E-state index contributed by atoms with van der Waals surface area (Å²) in [6, 6.07) is 25.3. The minimum atomic E-state index is 0.615. The Morgan fingerprint density at radius 1 is 0.654 bits per heavy atom. The van der Waals surface area contributed by atoms with Gasteiger partial charge in [-0.3, -0.25) is 0 Å².